The van der Waals surface area contributed by atoms with Crippen LogP contribution in [0.3, 0.4) is 0 Å². The van der Waals surface area contributed by atoms with E-state index >= 15 is 4.39 Å². The first-order valence-corrected chi connectivity index (χ1v) is 9.78. The van der Waals surface area contributed by atoms with Crippen molar-refractivity contribution < 1.29 is 13.5 Å². The fourth-order valence-electron chi connectivity index (χ4n) is 4.01. The van der Waals surface area contributed by atoms with Gasteiger partial charge in [-0.2, -0.15) is 14.9 Å². The highest BCUT2D eigenvalue weighted by molar-refractivity contribution is 5.89. The zero-order chi connectivity index (χ0) is 21.7. The first kappa shape index (κ1) is 19.4. The molecule has 0 spiro atoms. The Kier molecular flexibility index (Phi) is 4.55. The number of aromatic amines is 1. The Bertz CT molecular complexity index is 1380. The standard InChI is InChI=1S/C22H19F2N5O2/c1-28-9-8-12-6-7-13(19(24)14(12)11-28)20-21-16(25-26-20)10-18(30)29(27-21)22-15(23)4-3-5-17(22)31-2/h3-7,10,25H,8-9,11H2,1-2H3. The Morgan fingerprint density at radius 3 is 2.84 bits per heavy atom. The SMILES string of the molecule is COc1cccc(F)c1-n1nc2c(-c3ccc4c(c3F)CN(C)CC4)n[nH]c2cc1=O. The highest BCUT2D eigenvalue weighted by atomic mass is 19.1. The van der Waals surface area contributed by atoms with Crippen molar-refractivity contribution in [1.29, 1.82) is 0 Å². The third-order valence-electron chi connectivity index (χ3n) is 5.61. The van der Waals surface area contributed by atoms with Crippen LogP contribution in [0.5, 0.6) is 5.75 Å². The summed E-state index contributed by atoms with van der Waals surface area (Å²) < 4.78 is 36.1. The molecule has 7 nitrogen and oxygen atoms in total. The van der Waals surface area contributed by atoms with E-state index in [2.05, 4.69) is 20.2 Å². The number of rotatable bonds is 3. The Labute approximate surface area is 175 Å². The van der Waals surface area contributed by atoms with E-state index in [0.29, 0.717) is 17.6 Å². The summed E-state index contributed by atoms with van der Waals surface area (Å²) in [5, 5.41) is 11.3. The van der Waals surface area contributed by atoms with Crippen LogP contribution in [0.15, 0.2) is 41.2 Å². The van der Waals surface area contributed by atoms with E-state index in [1.54, 1.807) is 6.07 Å². The van der Waals surface area contributed by atoms with Gasteiger partial charge in [0.2, 0.25) is 0 Å². The molecule has 0 saturated carbocycles. The van der Waals surface area contributed by atoms with Crippen molar-refractivity contribution in [3.8, 4) is 22.7 Å². The van der Waals surface area contributed by atoms with Gasteiger partial charge in [0.25, 0.3) is 5.56 Å². The summed E-state index contributed by atoms with van der Waals surface area (Å²) in [6.07, 6.45) is 0.773. The molecule has 158 valence electrons. The van der Waals surface area contributed by atoms with Crippen molar-refractivity contribution in [1.82, 2.24) is 24.9 Å². The average Bonchev–Trinajstić information content (AvgIpc) is 3.16. The molecule has 1 aliphatic rings. The van der Waals surface area contributed by atoms with Gasteiger partial charge in [0.1, 0.15) is 28.5 Å². The van der Waals surface area contributed by atoms with Crippen molar-refractivity contribution in [2.75, 3.05) is 20.7 Å². The number of fused-ring (bicyclic) bond motifs is 2. The molecule has 0 radical (unpaired) electrons. The summed E-state index contributed by atoms with van der Waals surface area (Å²) in [4.78, 5) is 14.7. The van der Waals surface area contributed by atoms with E-state index in [1.165, 1.54) is 31.4 Å². The van der Waals surface area contributed by atoms with Crippen LogP contribution in [-0.2, 0) is 13.0 Å². The van der Waals surface area contributed by atoms with Gasteiger partial charge >= 0.3 is 0 Å². The van der Waals surface area contributed by atoms with Gasteiger partial charge in [-0.15, -0.1) is 0 Å². The molecule has 5 rings (SSSR count). The Morgan fingerprint density at radius 2 is 2.03 bits per heavy atom. The van der Waals surface area contributed by atoms with Gasteiger partial charge in [-0.1, -0.05) is 12.1 Å². The number of benzene rings is 2. The van der Waals surface area contributed by atoms with Crippen molar-refractivity contribution in [2.24, 2.45) is 0 Å². The second kappa shape index (κ2) is 7.28. The lowest BCUT2D eigenvalue weighted by atomic mass is 9.95. The fraction of sp³-hybridized carbons (Fsp3) is 0.227. The second-order valence-corrected chi connectivity index (χ2v) is 7.57. The first-order chi connectivity index (χ1) is 15.0. The summed E-state index contributed by atoms with van der Waals surface area (Å²) in [5.41, 5.74) is 2.04. The normalized spacial score (nSPS) is 14.1. The van der Waals surface area contributed by atoms with E-state index in [4.69, 9.17) is 4.74 Å². The minimum absolute atomic E-state index is 0.114. The van der Waals surface area contributed by atoms with Crippen LogP contribution in [-0.4, -0.2) is 45.6 Å². The number of ether oxygens (including phenoxy) is 1. The van der Waals surface area contributed by atoms with Crippen LogP contribution in [0.1, 0.15) is 11.1 Å². The molecule has 0 saturated heterocycles. The van der Waals surface area contributed by atoms with Crippen LogP contribution < -0.4 is 10.3 Å². The molecule has 2 aromatic carbocycles. The highest BCUT2D eigenvalue weighted by Crippen LogP contribution is 2.32. The van der Waals surface area contributed by atoms with E-state index < -0.39 is 11.4 Å². The zero-order valence-electron chi connectivity index (χ0n) is 16.9. The topological polar surface area (TPSA) is 76.0 Å². The fourth-order valence-corrected chi connectivity index (χ4v) is 4.01. The van der Waals surface area contributed by atoms with Gasteiger partial charge < -0.3 is 9.64 Å². The Hall–Kier alpha value is -3.59. The van der Waals surface area contributed by atoms with E-state index in [1.807, 2.05) is 13.1 Å². The molecule has 1 aliphatic heterocycles. The molecule has 0 amide bonds. The Balaban J connectivity index is 1.73. The third-order valence-corrected chi connectivity index (χ3v) is 5.61. The molecule has 1 N–H and O–H groups in total. The van der Waals surface area contributed by atoms with Crippen LogP contribution in [0.4, 0.5) is 8.78 Å². The quantitative estimate of drug-likeness (QED) is 0.548. The molecule has 0 bridgehead atoms. The molecule has 0 aliphatic carbocycles. The predicted octanol–water partition coefficient (Wildman–Crippen LogP) is 3.05. The van der Waals surface area contributed by atoms with Gasteiger partial charge in [-0.05, 0) is 37.2 Å². The van der Waals surface area contributed by atoms with Gasteiger partial charge in [0.15, 0.2) is 5.82 Å². The first-order valence-electron chi connectivity index (χ1n) is 9.78. The Morgan fingerprint density at radius 1 is 1.19 bits per heavy atom. The van der Waals surface area contributed by atoms with Crippen molar-refractivity contribution in [3.05, 3.63) is 69.5 Å². The van der Waals surface area contributed by atoms with Gasteiger partial charge in [-0.3, -0.25) is 9.89 Å². The molecular weight excluding hydrogens is 404 g/mol. The molecule has 0 fully saturated rings. The van der Waals surface area contributed by atoms with Crippen molar-refractivity contribution in [3.63, 3.8) is 0 Å². The maximum atomic E-state index is 15.4. The smallest absolute Gasteiger partial charge is 0.273 e. The lowest BCUT2D eigenvalue weighted by Gasteiger charge is -2.25. The number of methoxy groups -OCH3 is 1. The van der Waals surface area contributed by atoms with E-state index in [0.717, 1.165) is 23.2 Å². The number of nitrogens with one attached hydrogen (secondary N) is 1. The number of hydrogen-bond donors (Lipinski definition) is 1. The average molecular weight is 423 g/mol. The van der Waals surface area contributed by atoms with E-state index in [9.17, 15) is 9.18 Å². The minimum Gasteiger partial charge on any atom is -0.494 e. The van der Waals surface area contributed by atoms with Crippen LogP contribution >= 0.6 is 0 Å². The highest BCUT2D eigenvalue weighted by Gasteiger charge is 2.24. The van der Waals surface area contributed by atoms with E-state index in [-0.39, 0.29) is 34.0 Å². The summed E-state index contributed by atoms with van der Waals surface area (Å²) >= 11 is 0. The number of hydrogen-bond acceptors (Lipinski definition) is 5. The van der Waals surface area contributed by atoms with Gasteiger partial charge in [0, 0.05) is 30.3 Å². The minimum atomic E-state index is -0.665. The third kappa shape index (κ3) is 3.09. The van der Waals surface area contributed by atoms with Crippen LogP contribution in [0, 0.1) is 11.6 Å². The largest absolute Gasteiger partial charge is 0.494 e. The predicted molar refractivity (Wildman–Crippen MR) is 111 cm³/mol. The number of aromatic nitrogens is 4. The summed E-state index contributed by atoms with van der Waals surface area (Å²) in [5.74, 6) is -0.871. The van der Waals surface area contributed by atoms with Crippen LogP contribution in [0.25, 0.3) is 28.0 Å². The maximum absolute atomic E-state index is 15.4. The summed E-state index contributed by atoms with van der Waals surface area (Å²) in [6, 6.07) is 9.06. The number of likely N-dealkylation sites (N-methyl/N-ethyl adjacent to an activating group) is 1. The number of halogens is 2. The van der Waals surface area contributed by atoms with Crippen molar-refractivity contribution in [2.45, 2.75) is 13.0 Å². The molecule has 0 unspecified atom stereocenters. The lowest BCUT2D eigenvalue weighted by molar-refractivity contribution is 0.306. The van der Waals surface area contributed by atoms with Gasteiger partial charge in [0.05, 0.1) is 12.6 Å². The van der Waals surface area contributed by atoms with Gasteiger partial charge in [-0.25, -0.2) is 8.78 Å². The number of nitrogens with zero attached hydrogens (tertiary/aromatic N) is 4. The monoisotopic (exact) mass is 423 g/mol. The molecule has 4 aromatic rings. The lowest BCUT2D eigenvalue weighted by Crippen LogP contribution is -2.27. The number of para-hydroxylation sites is 1. The van der Waals surface area contributed by atoms with Crippen LogP contribution in [0.2, 0.25) is 0 Å². The molecule has 0 atom stereocenters. The second-order valence-electron chi connectivity index (χ2n) is 7.57. The molecule has 2 aromatic heterocycles. The summed E-state index contributed by atoms with van der Waals surface area (Å²) in [7, 11) is 3.33. The van der Waals surface area contributed by atoms with Crippen molar-refractivity contribution >= 4 is 11.0 Å². The zero-order valence-corrected chi connectivity index (χ0v) is 16.9. The molecular formula is C22H19F2N5O2. The number of H-pyrrole nitrogens is 1. The molecule has 31 heavy (non-hydrogen) atoms. The molecule has 9 heteroatoms. The molecule has 3 heterocycles. The summed E-state index contributed by atoms with van der Waals surface area (Å²) in [6.45, 7) is 1.37. The maximum Gasteiger partial charge on any atom is 0.273 e.